The van der Waals surface area contributed by atoms with Gasteiger partial charge in [-0.25, -0.2) is 13.6 Å². The summed E-state index contributed by atoms with van der Waals surface area (Å²) in [5, 5.41) is 10.5. The van der Waals surface area contributed by atoms with Crippen LogP contribution in [-0.2, 0) is 27.9 Å². The third-order valence-corrected chi connectivity index (χ3v) is 7.28. The molecule has 1 aliphatic rings. The normalized spacial score (nSPS) is 15.0. The molecule has 0 aliphatic carbocycles. The predicted molar refractivity (Wildman–Crippen MR) is 143 cm³/mol. The van der Waals surface area contributed by atoms with Gasteiger partial charge in [-0.3, -0.25) is 19.3 Å². The topological polar surface area (TPSA) is 111 Å². The molecule has 0 spiro atoms. The van der Waals surface area contributed by atoms with Crippen molar-refractivity contribution < 1.29 is 17.9 Å². The van der Waals surface area contributed by atoms with Gasteiger partial charge in [0.1, 0.15) is 5.75 Å². The van der Waals surface area contributed by atoms with Crippen LogP contribution in [0.2, 0.25) is 5.02 Å². The van der Waals surface area contributed by atoms with E-state index in [0.717, 1.165) is 22.6 Å². The van der Waals surface area contributed by atoms with Gasteiger partial charge in [0, 0.05) is 42.0 Å². The SMILES string of the molecule is Cc1cc(N2CCN(Cc3ccc(S(N)(=O)=O)cc3)CC2=O)nn1Cc1cc(Cl)ccc1OCC(C)C. The summed E-state index contributed by atoms with van der Waals surface area (Å²) >= 11 is 6.26. The number of rotatable bonds is 9. The number of aryl methyl sites for hydroxylation is 1. The molecule has 4 rings (SSSR count). The second-order valence-corrected chi connectivity index (χ2v) is 11.7. The number of hydrogen-bond acceptors (Lipinski definition) is 6. The summed E-state index contributed by atoms with van der Waals surface area (Å²) in [5.41, 5.74) is 2.76. The standard InChI is InChI=1S/C26H32ClN5O4S/c1-18(2)17-36-24-9-6-22(27)13-21(24)15-32-19(3)12-25(29-32)31-11-10-30(16-26(31)33)14-20-4-7-23(8-5-20)37(28,34)35/h4-9,12-13,18H,10-11,14-17H2,1-3H3,(H2,28,34,35). The highest BCUT2D eigenvalue weighted by atomic mass is 35.5. The molecule has 0 radical (unpaired) electrons. The second kappa shape index (κ2) is 11.2. The number of nitrogens with two attached hydrogens (primary N) is 1. The predicted octanol–water partition coefficient (Wildman–Crippen LogP) is 3.42. The molecule has 2 aromatic carbocycles. The van der Waals surface area contributed by atoms with E-state index in [1.807, 2.05) is 40.8 Å². The van der Waals surface area contributed by atoms with Crippen molar-refractivity contribution in [2.45, 2.75) is 38.8 Å². The Kier molecular flexibility index (Phi) is 8.23. The van der Waals surface area contributed by atoms with E-state index < -0.39 is 10.0 Å². The number of ether oxygens (including phenoxy) is 1. The Morgan fingerprint density at radius 1 is 1.08 bits per heavy atom. The van der Waals surface area contributed by atoms with Gasteiger partial charge in [0.25, 0.3) is 0 Å². The number of carbonyl (C=O) groups is 1. The van der Waals surface area contributed by atoms with Crippen LogP contribution in [-0.4, -0.2) is 55.2 Å². The lowest BCUT2D eigenvalue weighted by atomic mass is 10.2. The summed E-state index contributed by atoms with van der Waals surface area (Å²) < 4.78 is 30.8. The number of amides is 1. The van der Waals surface area contributed by atoms with Crippen LogP contribution in [0, 0.1) is 12.8 Å². The van der Waals surface area contributed by atoms with Crippen molar-refractivity contribution in [2.24, 2.45) is 11.1 Å². The Bertz CT molecular complexity index is 1370. The summed E-state index contributed by atoms with van der Waals surface area (Å²) in [7, 11) is -3.73. The van der Waals surface area contributed by atoms with Crippen molar-refractivity contribution in [1.29, 1.82) is 0 Å². The van der Waals surface area contributed by atoms with Gasteiger partial charge in [-0.05, 0) is 48.7 Å². The largest absolute Gasteiger partial charge is 0.493 e. The molecule has 1 amide bonds. The minimum Gasteiger partial charge on any atom is -0.493 e. The molecule has 2 heterocycles. The maximum atomic E-state index is 13.0. The first-order valence-corrected chi connectivity index (χ1v) is 14.0. The molecule has 0 atom stereocenters. The number of hydrogen-bond donors (Lipinski definition) is 1. The van der Waals surface area contributed by atoms with E-state index >= 15 is 0 Å². The number of sulfonamides is 1. The molecule has 11 heteroatoms. The van der Waals surface area contributed by atoms with Crippen molar-refractivity contribution in [3.05, 3.63) is 70.4 Å². The zero-order valence-electron chi connectivity index (χ0n) is 21.2. The molecule has 2 N–H and O–H groups in total. The van der Waals surface area contributed by atoms with Gasteiger partial charge in [0.05, 0.1) is 24.6 Å². The molecular weight excluding hydrogens is 514 g/mol. The number of aromatic nitrogens is 2. The van der Waals surface area contributed by atoms with Crippen LogP contribution in [0.3, 0.4) is 0 Å². The van der Waals surface area contributed by atoms with Crippen LogP contribution in [0.4, 0.5) is 5.82 Å². The number of benzene rings is 2. The summed E-state index contributed by atoms with van der Waals surface area (Å²) in [4.78, 5) is 16.8. The molecule has 3 aromatic rings. The fourth-order valence-corrected chi connectivity index (χ4v) is 4.87. The molecular formula is C26H32ClN5O4S. The van der Waals surface area contributed by atoms with Gasteiger partial charge < -0.3 is 4.74 Å². The van der Waals surface area contributed by atoms with E-state index in [1.54, 1.807) is 17.0 Å². The highest BCUT2D eigenvalue weighted by Gasteiger charge is 2.27. The molecule has 1 aromatic heterocycles. The van der Waals surface area contributed by atoms with Crippen LogP contribution in [0.1, 0.15) is 30.7 Å². The number of anilines is 1. The zero-order valence-corrected chi connectivity index (χ0v) is 22.8. The number of piperazine rings is 1. The smallest absolute Gasteiger partial charge is 0.242 e. The molecule has 0 unspecified atom stereocenters. The van der Waals surface area contributed by atoms with Crippen LogP contribution >= 0.6 is 11.6 Å². The molecule has 1 fully saturated rings. The number of carbonyl (C=O) groups excluding carboxylic acids is 1. The first kappa shape index (κ1) is 27.1. The highest BCUT2D eigenvalue weighted by molar-refractivity contribution is 7.89. The molecule has 37 heavy (non-hydrogen) atoms. The first-order chi connectivity index (χ1) is 17.5. The van der Waals surface area contributed by atoms with Gasteiger partial charge in [0.2, 0.25) is 15.9 Å². The van der Waals surface area contributed by atoms with Crippen LogP contribution in [0.5, 0.6) is 5.75 Å². The fourth-order valence-electron chi connectivity index (χ4n) is 4.16. The van der Waals surface area contributed by atoms with E-state index in [0.29, 0.717) is 49.5 Å². The van der Waals surface area contributed by atoms with Gasteiger partial charge >= 0.3 is 0 Å². The Morgan fingerprint density at radius 2 is 1.81 bits per heavy atom. The summed E-state index contributed by atoms with van der Waals surface area (Å²) in [5.74, 6) is 1.75. The molecule has 9 nitrogen and oxygen atoms in total. The van der Waals surface area contributed by atoms with Crippen molar-refractivity contribution in [2.75, 3.05) is 31.1 Å². The monoisotopic (exact) mass is 545 g/mol. The zero-order chi connectivity index (χ0) is 26.7. The van der Waals surface area contributed by atoms with Crippen molar-refractivity contribution >= 4 is 33.3 Å². The molecule has 0 bridgehead atoms. The Labute approximate surface area is 222 Å². The molecule has 1 aliphatic heterocycles. The molecule has 198 valence electrons. The average Bonchev–Trinajstić information content (AvgIpc) is 3.18. The number of halogens is 1. The van der Waals surface area contributed by atoms with Crippen LogP contribution in [0.25, 0.3) is 0 Å². The van der Waals surface area contributed by atoms with Crippen LogP contribution < -0.4 is 14.8 Å². The van der Waals surface area contributed by atoms with Crippen molar-refractivity contribution in [1.82, 2.24) is 14.7 Å². The lowest BCUT2D eigenvalue weighted by Crippen LogP contribution is -2.50. The summed E-state index contributed by atoms with van der Waals surface area (Å²) in [6, 6.07) is 13.9. The van der Waals surface area contributed by atoms with Crippen molar-refractivity contribution in [3.63, 3.8) is 0 Å². The Morgan fingerprint density at radius 3 is 2.46 bits per heavy atom. The molecule has 0 saturated carbocycles. The highest BCUT2D eigenvalue weighted by Crippen LogP contribution is 2.26. The quantitative estimate of drug-likeness (QED) is 0.441. The van der Waals surface area contributed by atoms with E-state index in [4.69, 9.17) is 26.6 Å². The van der Waals surface area contributed by atoms with E-state index in [-0.39, 0.29) is 17.3 Å². The number of primary sulfonamides is 1. The summed E-state index contributed by atoms with van der Waals surface area (Å²) in [6.07, 6.45) is 0. The lowest BCUT2D eigenvalue weighted by Gasteiger charge is -2.33. The van der Waals surface area contributed by atoms with Gasteiger partial charge in [-0.2, -0.15) is 5.10 Å². The fraction of sp³-hybridized carbons (Fsp3) is 0.385. The third-order valence-electron chi connectivity index (χ3n) is 6.12. The van der Waals surface area contributed by atoms with Crippen LogP contribution in [0.15, 0.2) is 53.4 Å². The van der Waals surface area contributed by atoms with Gasteiger partial charge in [-0.1, -0.05) is 37.6 Å². The van der Waals surface area contributed by atoms with Crippen molar-refractivity contribution in [3.8, 4) is 5.75 Å². The Hall–Kier alpha value is -2.92. The van der Waals surface area contributed by atoms with E-state index in [9.17, 15) is 13.2 Å². The van der Waals surface area contributed by atoms with E-state index in [2.05, 4.69) is 13.8 Å². The van der Waals surface area contributed by atoms with Gasteiger partial charge in [0.15, 0.2) is 5.82 Å². The van der Waals surface area contributed by atoms with E-state index in [1.165, 1.54) is 12.1 Å². The lowest BCUT2D eigenvalue weighted by molar-refractivity contribution is -0.121. The molecule has 1 saturated heterocycles. The minimum atomic E-state index is -3.73. The first-order valence-electron chi connectivity index (χ1n) is 12.1. The average molecular weight is 546 g/mol. The third kappa shape index (κ3) is 6.89. The Balaban J connectivity index is 1.42. The summed E-state index contributed by atoms with van der Waals surface area (Å²) in [6.45, 7) is 9.18. The second-order valence-electron chi connectivity index (χ2n) is 9.70. The number of nitrogens with zero attached hydrogens (tertiary/aromatic N) is 4. The van der Waals surface area contributed by atoms with Gasteiger partial charge in [-0.15, -0.1) is 0 Å². The minimum absolute atomic E-state index is 0.0410. The maximum absolute atomic E-state index is 13.0. The maximum Gasteiger partial charge on any atom is 0.242 e.